The van der Waals surface area contributed by atoms with Crippen molar-refractivity contribution in [2.45, 2.75) is 30.1 Å². The standard InChI is InChI=1S/C8H19IN2/c1-7(6-11)5-8(2,9)3-4-10/h7H,3-6,10-11H2,1-2H3/t7?,8-/m1/s1. The van der Waals surface area contributed by atoms with E-state index in [2.05, 4.69) is 36.4 Å². The molecular formula is C8H19IN2. The van der Waals surface area contributed by atoms with Crippen molar-refractivity contribution in [3.8, 4) is 0 Å². The van der Waals surface area contributed by atoms with Crippen LogP contribution in [0.25, 0.3) is 0 Å². The van der Waals surface area contributed by atoms with Crippen molar-refractivity contribution in [2.75, 3.05) is 13.1 Å². The van der Waals surface area contributed by atoms with Crippen LogP contribution in [0, 0.1) is 5.92 Å². The number of hydrogen-bond donors (Lipinski definition) is 2. The third-order valence-electron chi connectivity index (χ3n) is 1.84. The van der Waals surface area contributed by atoms with Crippen molar-refractivity contribution < 1.29 is 0 Å². The average molecular weight is 270 g/mol. The van der Waals surface area contributed by atoms with Crippen LogP contribution in [-0.4, -0.2) is 16.5 Å². The minimum absolute atomic E-state index is 0.339. The van der Waals surface area contributed by atoms with Crippen molar-refractivity contribution in [3.63, 3.8) is 0 Å². The molecule has 0 aromatic heterocycles. The summed E-state index contributed by atoms with van der Waals surface area (Å²) in [4.78, 5) is 0. The summed E-state index contributed by atoms with van der Waals surface area (Å²) >= 11 is 2.48. The topological polar surface area (TPSA) is 52.0 Å². The van der Waals surface area contributed by atoms with Crippen LogP contribution >= 0.6 is 22.6 Å². The van der Waals surface area contributed by atoms with Crippen LogP contribution in [0.5, 0.6) is 0 Å². The molecule has 0 bridgehead atoms. The summed E-state index contributed by atoms with van der Waals surface area (Å²) in [6.45, 7) is 5.99. The maximum absolute atomic E-state index is 5.54. The molecule has 11 heavy (non-hydrogen) atoms. The number of alkyl halides is 1. The minimum atomic E-state index is 0.339. The Morgan fingerprint density at radius 1 is 1.45 bits per heavy atom. The van der Waals surface area contributed by atoms with Crippen LogP contribution in [0.15, 0.2) is 0 Å². The highest BCUT2D eigenvalue weighted by Gasteiger charge is 2.21. The van der Waals surface area contributed by atoms with Crippen LogP contribution in [0.4, 0.5) is 0 Å². The molecule has 0 rings (SSSR count). The molecule has 0 saturated heterocycles. The second kappa shape index (κ2) is 5.32. The number of nitrogens with two attached hydrogens (primary N) is 2. The van der Waals surface area contributed by atoms with E-state index in [0.29, 0.717) is 9.34 Å². The zero-order chi connectivity index (χ0) is 8.91. The van der Waals surface area contributed by atoms with Gasteiger partial charge in [-0.2, -0.15) is 0 Å². The normalized spacial score (nSPS) is 19.4. The molecule has 2 nitrogen and oxygen atoms in total. The molecule has 0 aliphatic carbocycles. The third-order valence-corrected chi connectivity index (χ3v) is 2.82. The molecule has 1 unspecified atom stereocenters. The van der Waals surface area contributed by atoms with E-state index in [1.54, 1.807) is 0 Å². The summed E-state index contributed by atoms with van der Waals surface area (Å²) < 4.78 is 0.339. The lowest BCUT2D eigenvalue weighted by Gasteiger charge is -2.24. The second-order valence-corrected chi connectivity index (χ2v) is 6.10. The van der Waals surface area contributed by atoms with Gasteiger partial charge in [0.05, 0.1) is 0 Å². The van der Waals surface area contributed by atoms with Gasteiger partial charge in [0, 0.05) is 3.42 Å². The first-order valence-electron chi connectivity index (χ1n) is 4.11. The van der Waals surface area contributed by atoms with Crippen LogP contribution in [-0.2, 0) is 0 Å². The zero-order valence-corrected chi connectivity index (χ0v) is 9.60. The molecule has 4 N–H and O–H groups in total. The van der Waals surface area contributed by atoms with Crippen molar-refractivity contribution in [1.29, 1.82) is 0 Å². The number of halogens is 1. The quantitative estimate of drug-likeness (QED) is 0.587. The Labute approximate surface area is 83.2 Å². The van der Waals surface area contributed by atoms with Crippen LogP contribution in [0.3, 0.4) is 0 Å². The van der Waals surface area contributed by atoms with E-state index in [1.807, 2.05) is 0 Å². The highest BCUT2D eigenvalue weighted by Crippen LogP contribution is 2.29. The van der Waals surface area contributed by atoms with E-state index in [0.717, 1.165) is 19.5 Å². The molecular weight excluding hydrogens is 251 g/mol. The monoisotopic (exact) mass is 270 g/mol. The summed E-state index contributed by atoms with van der Waals surface area (Å²) in [5.41, 5.74) is 11.0. The van der Waals surface area contributed by atoms with Crippen LogP contribution in [0.1, 0.15) is 26.7 Å². The lowest BCUT2D eigenvalue weighted by Crippen LogP contribution is -2.26. The molecule has 0 fully saturated rings. The van der Waals surface area contributed by atoms with Gasteiger partial charge < -0.3 is 11.5 Å². The Hall–Kier alpha value is 0.650. The molecule has 3 heteroatoms. The summed E-state index contributed by atoms with van der Waals surface area (Å²) in [7, 11) is 0. The maximum atomic E-state index is 5.54. The average Bonchev–Trinajstić information content (AvgIpc) is 1.86. The van der Waals surface area contributed by atoms with Gasteiger partial charge >= 0.3 is 0 Å². The second-order valence-electron chi connectivity index (χ2n) is 3.50. The predicted molar refractivity (Wildman–Crippen MR) is 58.9 cm³/mol. The molecule has 0 saturated carbocycles. The smallest absolute Gasteiger partial charge is 0.0209 e. The molecule has 0 heterocycles. The summed E-state index contributed by atoms with van der Waals surface area (Å²) in [5.74, 6) is 0.614. The first-order chi connectivity index (χ1) is 5.02. The fourth-order valence-corrected chi connectivity index (χ4v) is 2.28. The minimum Gasteiger partial charge on any atom is -0.330 e. The lowest BCUT2D eigenvalue weighted by atomic mass is 9.95. The van der Waals surface area contributed by atoms with E-state index in [9.17, 15) is 0 Å². The van der Waals surface area contributed by atoms with Gasteiger partial charge in [0.2, 0.25) is 0 Å². The van der Waals surface area contributed by atoms with Crippen molar-refractivity contribution in [2.24, 2.45) is 17.4 Å². The predicted octanol–water partition coefficient (Wildman–Crippen LogP) is 1.51. The first-order valence-corrected chi connectivity index (χ1v) is 5.19. The van der Waals surface area contributed by atoms with E-state index < -0.39 is 0 Å². The van der Waals surface area contributed by atoms with E-state index in [-0.39, 0.29) is 0 Å². The Bertz CT molecular complexity index is 104. The van der Waals surface area contributed by atoms with Crippen molar-refractivity contribution in [1.82, 2.24) is 0 Å². The van der Waals surface area contributed by atoms with Gasteiger partial charge in [-0.3, -0.25) is 0 Å². The largest absolute Gasteiger partial charge is 0.330 e. The molecule has 68 valence electrons. The van der Waals surface area contributed by atoms with Gasteiger partial charge in [-0.25, -0.2) is 0 Å². The molecule has 0 aromatic carbocycles. The van der Waals surface area contributed by atoms with Gasteiger partial charge in [0.1, 0.15) is 0 Å². The number of rotatable bonds is 5. The van der Waals surface area contributed by atoms with Crippen LogP contribution < -0.4 is 11.5 Å². The van der Waals surface area contributed by atoms with E-state index >= 15 is 0 Å². The molecule has 2 atom stereocenters. The van der Waals surface area contributed by atoms with E-state index in [1.165, 1.54) is 6.42 Å². The summed E-state index contributed by atoms with van der Waals surface area (Å²) in [6.07, 6.45) is 2.25. The summed E-state index contributed by atoms with van der Waals surface area (Å²) in [5, 5.41) is 0. The summed E-state index contributed by atoms with van der Waals surface area (Å²) in [6, 6.07) is 0. The molecule has 0 spiro atoms. The SMILES string of the molecule is CC(CN)C[C@](C)(I)CCN. The third kappa shape index (κ3) is 5.87. The van der Waals surface area contributed by atoms with Crippen molar-refractivity contribution >= 4 is 22.6 Å². The molecule has 0 amide bonds. The first kappa shape index (κ1) is 11.6. The number of hydrogen-bond acceptors (Lipinski definition) is 2. The zero-order valence-electron chi connectivity index (χ0n) is 7.44. The fourth-order valence-electron chi connectivity index (χ4n) is 1.21. The molecule has 0 aliphatic rings. The van der Waals surface area contributed by atoms with E-state index in [4.69, 9.17) is 11.5 Å². The lowest BCUT2D eigenvalue weighted by molar-refractivity contribution is 0.454. The van der Waals surface area contributed by atoms with Gasteiger partial charge in [0.25, 0.3) is 0 Å². The maximum Gasteiger partial charge on any atom is 0.0209 e. The molecule has 0 aliphatic heterocycles. The van der Waals surface area contributed by atoms with Gasteiger partial charge in [0.15, 0.2) is 0 Å². The van der Waals surface area contributed by atoms with Gasteiger partial charge in [-0.1, -0.05) is 36.4 Å². The molecule has 0 radical (unpaired) electrons. The van der Waals surface area contributed by atoms with Crippen LogP contribution in [0.2, 0.25) is 0 Å². The fraction of sp³-hybridized carbons (Fsp3) is 1.00. The highest BCUT2D eigenvalue weighted by molar-refractivity contribution is 14.1. The van der Waals surface area contributed by atoms with Gasteiger partial charge in [-0.15, -0.1) is 0 Å². The Morgan fingerprint density at radius 3 is 2.36 bits per heavy atom. The molecule has 0 aromatic rings. The van der Waals surface area contributed by atoms with Crippen molar-refractivity contribution in [3.05, 3.63) is 0 Å². The van der Waals surface area contributed by atoms with Gasteiger partial charge in [-0.05, 0) is 31.8 Å². The Kier molecular flexibility index (Phi) is 5.64. The highest BCUT2D eigenvalue weighted by atomic mass is 127. The Balaban J connectivity index is 3.70. The Morgan fingerprint density at radius 2 is 2.00 bits per heavy atom.